The van der Waals surface area contributed by atoms with Gasteiger partial charge < -0.3 is 10.6 Å². The summed E-state index contributed by atoms with van der Waals surface area (Å²) in [6.45, 7) is 8.07. The smallest absolute Gasteiger partial charge is 0.236 e. The number of carbonyl (C=O) groups excluding carboxylic acids is 2. The van der Waals surface area contributed by atoms with Crippen molar-refractivity contribution in [2.45, 2.75) is 20.4 Å². The molecule has 2 amide bonds. The lowest BCUT2D eigenvalue weighted by molar-refractivity contribution is -0.114. The van der Waals surface area contributed by atoms with Crippen LogP contribution in [0.25, 0.3) is 10.7 Å². The minimum atomic E-state index is -0.224. The third-order valence-electron chi connectivity index (χ3n) is 4.08. The molecule has 0 spiro atoms. The number of aromatic amines is 1. The van der Waals surface area contributed by atoms with Gasteiger partial charge in [0, 0.05) is 12.2 Å². The molecule has 2 heterocycles. The molecule has 8 nitrogen and oxygen atoms in total. The maximum absolute atomic E-state index is 12.3. The highest BCUT2D eigenvalue weighted by atomic mass is 32.2. The molecule has 0 fully saturated rings. The molecule has 3 rings (SSSR count). The van der Waals surface area contributed by atoms with Gasteiger partial charge in [-0.3, -0.25) is 19.3 Å². The summed E-state index contributed by atoms with van der Waals surface area (Å²) in [6, 6.07) is 7.57. The summed E-state index contributed by atoms with van der Waals surface area (Å²) in [5.41, 5.74) is 2.55. The highest BCUT2D eigenvalue weighted by molar-refractivity contribution is 8.00. The Hall–Kier alpha value is -2.76. The normalized spacial score (nSPS) is 10.6. The molecule has 0 atom stereocenters. The third kappa shape index (κ3) is 6.12. The van der Waals surface area contributed by atoms with Gasteiger partial charge in [-0.05, 0) is 43.8 Å². The number of aromatic nitrogens is 4. The van der Waals surface area contributed by atoms with E-state index in [4.69, 9.17) is 12.2 Å². The first-order valence-electron chi connectivity index (χ1n) is 9.35. The van der Waals surface area contributed by atoms with Gasteiger partial charge in [-0.15, -0.1) is 18.3 Å². The maximum atomic E-state index is 12.3. The van der Waals surface area contributed by atoms with Crippen molar-refractivity contribution < 1.29 is 9.59 Å². The van der Waals surface area contributed by atoms with Crippen molar-refractivity contribution in [2.75, 3.05) is 22.1 Å². The number of nitrogens with zero attached hydrogens (tertiary/aromatic N) is 3. The van der Waals surface area contributed by atoms with Gasteiger partial charge >= 0.3 is 0 Å². The number of thiazole rings is 1. The number of rotatable bonds is 9. The Balaban J connectivity index is 1.53. The van der Waals surface area contributed by atoms with Crippen molar-refractivity contribution in [2.24, 2.45) is 0 Å². The van der Waals surface area contributed by atoms with Crippen molar-refractivity contribution in [1.29, 1.82) is 0 Å². The fraction of sp³-hybridized carbons (Fsp3) is 0.250. The molecular weight excluding hydrogens is 452 g/mol. The Bertz CT molecular complexity index is 1160. The van der Waals surface area contributed by atoms with Crippen LogP contribution in [-0.2, 0) is 16.1 Å². The Morgan fingerprint density at radius 2 is 2.03 bits per heavy atom. The number of carbonyl (C=O) groups is 2. The SMILES string of the molecule is C=CCn1c(-c2sc(NC(=O)CSCC(=O)Nc3cccc(C)c3)nc2C)n[nH]c1=S. The molecule has 162 valence electrons. The lowest BCUT2D eigenvalue weighted by Crippen LogP contribution is -2.18. The van der Waals surface area contributed by atoms with E-state index in [1.165, 1.54) is 23.1 Å². The van der Waals surface area contributed by atoms with Crippen LogP contribution in [0.5, 0.6) is 0 Å². The maximum Gasteiger partial charge on any atom is 0.236 e. The summed E-state index contributed by atoms with van der Waals surface area (Å²) in [5.74, 6) is 0.603. The van der Waals surface area contributed by atoms with Crippen LogP contribution in [0, 0.1) is 18.6 Å². The minimum Gasteiger partial charge on any atom is -0.325 e. The molecule has 0 aliphatic carbocycles. The molecule has 0 unspecified atom stereocenters. The van der Waals surface area contributed by atoms with Gasteiger partial charge in [-0.1, -0.05) is 29.5 Å². The van der Waals surface area contributed by atoms with E-state index in [0.29, 0.717) is 22.3 Å². The zero-order valence-electron chi connectivity index (χ0n) is 17.1. The van der Waals surface area contributed by atoms with Gasteiger partial charge in [-0.25, -0.2) is 4.98 Å². The summed E-state index contributed by atoms with van der Waals surface area (Å²) in [7, 11) is 0. The number of H-pyrrole nitrogens is 1. The highest BCUT2D eigenvalue weighted by Crippen LogP contribution is 2.31. The van der Waals surface area contributed by atoms with Crippen LogP contribution in [0.1, 0.15) is 11.3 Å². The molecular formula is C20H22N6O2S3. The zero-order valence-corrected chi connectivity index (χ0v) is 19.5. The van der Waals surface area contributed by atoms with Crippen molar-refractivity contribution >= 4 is 57.9 Å². The van der Waals surface area contributed by atoms with E-state index in [1.807, 2.05) is 42.7 Å². The second-order valence-corrected chi connectivity index (χ2v) is 9.02. The lowest BCUT2D eigenvalue weighted by Gasteiger charge is -2.06. The number of anilines is 2. The van der Waals surface area contributed by atoms with Crippen molar-refractivity contribution in [3.63, 3.8) is 0 Å². The topological polar surface area (TPSA) is 105 Å². The van der Waals surface area contributed by atoms with E-state index in [9.17, 15) is 9.59 Å². The number of aryl methyl sites for hydroxylation is 2. The minimum absolute atomic E-state index is 0.143. The number of nitrogens with one attached hydrogen (secondary N) is 3. The summed E-state index contributed by atoms with van der Waals surface area (Å²) in [5, 5.41) is 13.1. The molecule has 0 radical (unpaired) electrons. The fourth-order valence-corrected chi connectivity index (χ4v) is 4.56. The lowest BCUT2D eigenvalue weighted by atomic mass is 10.2. The number of amides is 2. The van der Waals surface area contributed by atoms with Gasteiger partial charge in [0.1, 0.15) is 0 Å². The molecule has 11 heteroatoms. The van der Waals surface area contributed by atoms with E-state index in [0.717, 1.165) is 21.8 Å². The van der Waals surface area contributed by atoms with Gasteiger partial charge in [0.25, 0.3) is 0 Å². The highest BCUT2D eigenvalue weighted by Gasteiger charge is 2.17. The zero-order chi connectivity index (χ0) is 22.4. The number of thioether (sulfide) groups is 1. The number of allylic oxidation sites excluding steroid dienone is 1. The van der Waals surface area contributed by atoms with Crippen LogP contribution in [0.3, 0.4) is 0 Å². The van der Waals surface area contributed by atoms with E-state index >= 15 is 0 Å². The number of hydrogen-bond donors (Lipinski definition) is 3. The van der Waals surface area contributed by atoms with Crippen LogP contribution in [0.4, 0.5) is 10.8 Å². The van der Waals surface area contributed by atoms with E-state index in [-0.39, 0.29) is 23.3 Å². The predicted octanol–water partition coefficient (Wildman–Crippen LogP) is 4.18. The molecule has 0 aliphatic rings. The van der Waals surface area contributed by atoms with Crippen molar-refractivity contribution in [1.82, 2.24) is 19.7 Å². The van der Waals surface area contributed by atoms with Crippen LogP contribution in [-0.4, -0.2) is 43.1 Å². The molecule has 0 saturated heterocycles. The Kier molecular flexibility index (Phi) is 7.77. The average Bonchev–Trinajstić information content (AvgIpc) is 3.24. The quantitative estimate of drug-likeness (QED) is 0.317. The Morgan fingerprint density at radius 3 is 2.74 bits per heavy atom. The van der Waals surface area contributed by atoms with Crippen LogP contribution in [0.2, 0.25) is 0 Å². The standard InChI is InChI=1S/C20H22N6O2S3/c1-4-8-26-18(24-25-20(26)29)17-13(3)21-19(31-17)23-16(28)11-30-10-15(27)22-14-7-5-6-12(2)9-14/h4-7,9H,1,8,10-11H2,2-3H3,(H,22,27)(H,25,29)(H,21,23,28). The fourth-order valence-electron chi connectivity index (χ4n) is 2.76. The molecule has 0 saturated carbocycles. The Labute approximate surface area is 193 Å². The van der Waals surface area contributed by atoms with Gasteiger partial charge in [0.15, 0.2) is 15.7 Å². The van der Waals surface area contributed by atoms with Gasteiger partial charge in [0.05, 0.1) is 22.1 Å². The number of benzene rings is 1. The first-order valence-corrected chi connectivity index (χ1v) is 11.7. The van der Waals surface area contributed by atoms with Crippen LogP contribution in [0.15, 0.2) is 36.9 Å². The summed E-state index contributed by atoms with van der Waals surface area (Å²) in [6.07, 6.45) is 1.74. The largest absolute Gasteiger partial charge is 0.325 e. The molecule has 31 heavy (non-hydrogen) atoms. The second kappa shape index (κ2) is 10.5. The second-order valence-electron chi connectivity index (χ2n) is 6.64. The monoisotopic (exact) mass is 474 g/mol. The third-order valence-corrected chi connectivity index (χ3v) is 6.40. The van der Waals surface area contributed by atoms with Crippen molar-refractivity contribution in [3.05, 3.63) is 52.9 Å². The molecule has 1 aromatic carbocycles. The molecule has 0 aliphatic heterocycles. The summed E-state index contributed by atoms with van der Waals surface area (Å²) < 4.78 is 2.31. The number of hydrogen-bond acceptors (Lipinski definition) is 7. The first-order chi connectivity index (χ1) is 14.9. The first kappa shape index (κ1) is 22.9. The summed E-state index contributed by atoms with van der Waals surface area (Å²) >= 11 is 7.81. The molecule has 0 bridgehead atoms. The molecule has 3 N–H and O–H groups in total. The van der Waals surface area contributed by atoms with E-state index in [2.05, 4.69) is 32.4 Å². The van der Waals surface area contributed by atoms with E-state index in [1.54, 1.807) is 6.08 Å². The molecule has 2 aromatic heterocycles. The van der Waals surface area contributed by atoms with Crippen LogP contribution < -0.4 is 10.6 Å². The van der Waals surface area contributed by atoms with Gasteiger partial charge in [-0.2, -0.15) is 5.10 Å². The predicted molar refractivity (Wildman–Crippen MR) is 129 cm³/mol. The van der Waals surface area contributed by atoms with E-state index < -0.39 is 0 Å². The summed E-state index contributed by atoms with van der Waals surface area (Å²) in [4.78, 5) is 29.6. The van der Waals surface area contributed by atoms with Crippen LogP contribution >= 0.6 is 35.3 Å². The average molecular weight is 475 g/mol. The Morgan fingerprint density at radius 1 is 1.29 bits per heavy atom. The molecule has 3 aromatic rings. The van der Waals surface area contributed by atoms with Crippen molar-refractivity contribution in [3.8, 4) is 10.7 Å². The van der Waals surface area contributed by atoms with Gasteiger partial charge in [0.2, 0.25) is 11.8 Å².